The standard InChI is InChI=1S/C11H13ClN2O5S/c1-5-8(14(18)19)3-7(11(12)13-5)10(17)9(16)4-20-6(2)15/h3,9-10,16-17H,4H2,1-2H3. The number of halogens is 1. The summed E-state index contributed by atoms with van der Waals surface area (Å²) < 4.78 is 0. The quantitative estimate of drug-likeness (QED) is 0.481. The van der Waals surface area contributed by atoms with Crippen LogP contribution in [0.25, 0.3) is 0 Å². The molecule has 0 aromatic carbocycles. The van der Waals surface area contributed by atoms with Gasteiger partial charge in [-0.1, -0.05) is 23.4 Å². The van der Waals surface area contributed by atoms with E-state index in [1.54, 1.807) is 0 Å². The van der Waals surface area contributed by atoms with Crippen LogP contribution in [0.1, 0.15) is 24.3 Å². The predicted molar refractivity (Wildman–Crippen MR) is 74.7 cm³/mol. The third kappa shape index (κ3) is 4.14. The molecule has 20 heavy (non-hydrogen) atoms. The van der Waals surface area contributed by atoms with Crippen molar-refractivity contribution < 1.29 is 19.9 Å². The zero-order valence-corrected chi connectivity index (χ0v) is 12.3. The summed E-state index contributed by atoms with van der Waals surface area (Å²) in [7, 11) is 0. The molecule has 0 saturated carbocycles. The number of aryl methyl sites for hydroxylation is 1. The molecule has 2 atom stereocenters. The molecule has 0 saturated heterocycles. The second kappa shape index (κ2) is 6.98. The van der Waals surface area contributed by atoms with E-state index in [0.29, 0.717) is 0 Å². The number of aliphatic hydroxyl groups is 2. The Bertz CT molecular complexity index is 540. The van der Waals surface area contributed by atoms with E-state index in [0.717, 1.165) is 17.8 Å². The maximum atomic E-state index is 10.8. The van der Waals surface area contributed by atoms with Gasteiger partial charge >= 0.3 is 0 Å². The Morgan fingerprint density at radius 2 is 2.20 bits per heavy atom. The van der Waals surface area contributed by atoms with Crippen LogP contribution >= 0.6 is 23.4 Å². The Morgan fingerprint density at radius 1 is 1.60 bits per heavy atom. The second-order valence-corrected chi connectivity index (χ2v) is 5.60. The molecule has 2 unspecified atom stereocenters. The van der Waals surface area contributed by atoms with Gasteiger partial charge in [0.25, 0.3) is 5.69 Å². The topological polar surface area (TPSA) is 114 Å². The number of thioether (sulfide) groups is 1. The molecule has 0 fully saturated rings. The van der Waals surface area contributed by atoms with E-state index >= 15 is 0 Å². The average molecular weight is 321 g/mol. The van der Waals surface area contributed by atoms with Gasteiger partial charge in [0.1, 0.15) is 17.0 Å². The second-order valence-electron chi connectivity index (χ2n) is 4.04. The molecule has 0 aliphatic rings. The first-order valence-corrected chi connectivity index (χ1v) is 6.91. The molecule has 9 heteroatoms. The first-order valence-electron chi connectivity index (χ1n) is 5.55. The average Bonchev–Trinajstić information content (AvgIpc) is 2.34. The van der Waals surface area contributed by atoms with Crippen LogP contribution < -0.4 is 0 Å². The summed E-state index contributed by atoms with van der Waals surface area (Å²) in [6, 6.07) is 1.08. The zero-order chi connectivity index (χ0) is 15.4. The molecule has 2 N–H and O–H groups in total. The normalized spacial score (nSPS) is 13.8. The van der Waals surface area contributed by atoms with E-state index in [1.807, 2.05) is 0 Å². The molecule has 0 aliphatic carbocycles. The molecule has 0 amide bonds. The highest BCUT2D eigenvalue weighted by Crippen LogP contribution is 2.30. The lowest BCUT2D eigenvalue weighted by Gasteiger charge is -2.18. The Kier molecular flexibility index (Phi) is 5.88. The minimum atomic E-state index is -1.46. The summed E-state index contributed by atoms with van der Waals surface area (Å²) >= 11 is 6.66. The number of hydrogen-bond acceptors (Lipinski definition) is 7. The van der Waals surface area contributed by atoms with Crippen molar-refractivity contribution in [1.82, 2.24) is 4.98 Å². The minimum Gasteiger partial charge on any atom is -0.389 e. The minimum absolute atomic E-state index is 0.0411. The molecule has 0 spiro atoms. The van der Waals surface area contributed by atoms with Gasteiger partial charge in [-0.3, -0.25) is 14.9 Å². The van der Waals surface area contributed by atoms with E-state index in [2.05, 4.69) is 4.98 Å². The third-order valence-corrected chi connectivity index (χ3v) is 3.72. The zero-order valence-electron chi connectivity index (χ0n) is 10.7. The van der Waals surface area contributed by atoms with Crippen molar-refractivity contribution in [2.24, 2.45) is 0 Å². The van der Waals surface area contributed by atoms with Gasteiger partial charge in [-0.15, -0.1) is 0 Å². The van der Waals surface area contributed by atoms with Crippen molar-refractivity contribution >= 4 is 34.2 Å². The van der Waals surface area contributed by atoms with Gasteiger partial charge in [0.05, 0.1) is 11.0 Å². The number of hydrogen-bond donors (Lipinski definition) is 2. The lowest BCUT2D eigenvalue weighted by atomic mass is 10.1. The number of carbonyl (C=O) groups excluding carboxylic acids is 1. The third-order valence-electron chi connectivity index (χ3n) is 2.50. The van der Waals surface area contributed by atoms with Crippen molar-refractivity contribution in [3.05, 3.63) is 32.6 Å². The molecule has 1 heterocycles. The molecular weight excluding hydrogens is 308 g/mol. The molecule has 1 aromatic heterocycles. The van der Waals surface area contributed by atoms with Crippen LogP contribution in [-0.4, -0.2) is 37.1 Å². The number of aliphatic hydroxyl groups excluding tert-OH is 2. The number of nitro groups is 1. The summed E-state index contributed by atoms with van der Waals surface area (Å²) in [5.74, 6) is -0.0471. The van der Waals surface area contributed by atoms with Crippen LogP contribution in [0.4, 0.5) is 5.69 Å². The van der Waals surface area contributed by atoms with Gasteiger partial charge in [0, 0.05) is 24.3 Å². The van der Waals surface area contributed by atoms with Gasteiger partial charge in [0.15, 0.2) is 5.12 Å². The van der Waals surface area contributed by atoms with E-state index in [4.69, 9.17) is 11.6 Å². The monoisotopic (exact) mass is 320 g/mol. The van der Waals surface area contributed by atoms with Crippen molar-refractivity contribution in [1.29, 1.82) is 0 Å². The SMILES string of the molecule is CC(=O)SCC(O)C(O)c1cc([N+](=O)[O-])c(C)nc1Cl. The van der Waals surface area contributed by atoms with E-state index in [9.17, 15) is 25.1 Å². The number of nitrogens with zero attached hydrogens (tertiary/aromatic N) is 2. The molecule has 0 radical (unpaired) electrons. The van der Waals surface area contributed by atoms with Crippen LogP contribution in [0.5, 0.6) is 0 Å². The van der Waals surface area contributed by atoms with E-state index < -0.39 is 17.1 Å². The van der Waals surface area contributed by atoms with Crippen LogP contribution in [0.2, 0.25) is 5.15 Å². The van der Waals surface area contributed by atoms with Crippen molar-refractivity contribution in [3.8, 4) is 0 Å². The van der Waals surface area contributed by atoms with Gasteiger partial charge in [0.2, 0.25) is 0 Å². The van der Waals surface area contributed by atoms with Gasteiger partial charge < -0.3 is 10.2 Å². The highest BCUT2D eigenvalue weighted by atomic mass is 35.5. The molecule has 0 aliphatic heterocycles. The Labute approximate surface area is 124 Å². The summed E-state index contributed by atoms with van der Waals surface area (Å²) in [4.78, 5) is 24.8. The summed E-state index contributed by atoms with van der Waals surface area (Å²) in [5.41, 5.74) is -0.223. The smallest absolute Gasteiger partial charge is 0.290 e. The van der Waals surface area contributed by atoms with Gasteiger partial charge in [-0.25, -0.2) is 4.98 Å². The highest BCUT2D eigenvalue weighted by molar-refractivity contribution is 8.13. The number of rotatable bonds is 5. The van der Waals surface area contributed by atoms with E-state index in [1.165, 1.54) is 13.8 Å². The van der Waals surface area contributed by atoms with Gasteiger partial charge in [-0.05, 0) is 6.92 Å². The maximum Gasteiger partial charge on any atom is 0.290 e. The fraction of sp³-hybridized carbons (Fsp3) is 0.455. The summed E-state index contributed by atoms with van der Waals surface area (Å²) in [6.45, 7) is 2.75. The molecule has 0 bridgehead atoms. The van der Waals surface area contributed by atoms with Crippen molar-refractivity contribution in [2.75, 3.05) is 5.75 Å². The lowest BCUT2D eigenvalue weighted by molar-refractivity contribution is -0.385. The Balaban J connectivity index is 3.02. The molecule has 1 rings (SSSR count). The first-order chi connectivity index (χ1) is 9.23. The Morgan fingerprint density at radius 3 is 2.70 bits per heavy atom. The summed E-state index contributed by atoms with van der Waals surface area (Å²) in [6.07, 6.45) is -2.74. The molecule has 7 nitrogen and oxygen atoms in total. The molecular formula is C11H13ClN2O5S. The molecule has 1 aromatic rings. The van der Waals surface area contributed by atoms with Crippen molar-refractivity contribution in [2.45, 2.75) is 26.1 Å². The fourth-order valence-corrected chi connectivity index (χ4v) is 2.35. The largest absolute Gasteiger partial charge is 0.389 e. The molecule has 110 valence electrons. The predicted octanol–water partition coefficient (Wildman–Crippen LogP) is 1.63. The maximum absolute atomic E-state index is 10.8. The van der Waals surface area contributed by atoms with Crippen LogP contribution in [0.3, 0.4) is 0 Å². The van der Waals surface area contributed by atoms with Crippen LogP contribution in [-0.2, 0) is 4.79 Å². The van der Waals surface area contributed by atoms with Crippen LogP contribution in [0.15, 0.2) is 6.07 Å². The number of pyridine rings is 1. The lowest BCUT2D eigenvalue weighted by Crippen LogP contribution is -2.22. The first kappa shape index (κ1) is 16.8. The Hall–Kier alpha value is -1.22. The number of carbonyl (C=O) groups is 1. The van der Waals surface area contributed by atoms with Crippen LogP contribution in [0, 0.1) is 17.0 Å². The van der Waals surface area contributed by atoms with E-state index in [-0.39, 0.29) is 33.0 Å². The number of aromatic nitrogens is 1. The van der Waals surface area contributed by atoms with Crippen molar-refractivity contribution in [3.63, 3.8) is 0 Å². The fourth-order valence-electron chi connectivity index (χ4n) is 1.47. The summed E-state index contributed by atoms with van der Waals surface area (Å²) in [5, 5.41) is 30.2. The highest BCUT2D eigenvalue weighted by Gasteiger charge is 2.26. The van der Waals surface area contributed by atoms with Gasteiger partial charge in [-0.2, -0.15) is 0 Å².